The molecule has 0 spiro atoms. The van der Waals surface area contributed by atoms with Crippen LogP contribution in [0.15, 0.2) is 6.07 Å². The molecule has 2 heterocycles. The average molecular weight is 259 g/mol. The van der Waals surface area contributed by atoms with E-state index in [9.17, 15) is 0 Å². The summed E-state index contributed by atoms with van der Waals surface area (Å²) in [6.45, 7) is 2.43. The highest BCUT2D eigenvalue weighted by molar-refractivity contribution is 5.60. The van der Waals surface area contributed by atoms with Crippen molar-refractivity contribution in [1.29, 1.82) is 0 Å². The molecule has 3 aliphatic rings. The topological polar surface area (TPSA) is 44.5 Å². The lowest BCUT2D eigenvalue weighted by Gasteiger charge is -2.30. The molecule has 1 aromatic rings. The number of ether oxygens (including phenoxy) is 2. The predicted octanol–water partition coefficient (Wildman–Crippen LogP) is 2.33. The van der Waals surface area contributed by atoms with Crippen LogP contribution in [0.25, 0.3) is 0 Å². The van der Waals surface area contributed by atoms with Gasteiger partial charge in [-0.25, -0.2) is 0 Å². The van der Waals surface area contributed by atoms with Crippen LogP contribution >= 0.6 is 0 Å². The van der Waals surface area contributed by atoms with Gasteiger partial charge in [0.15, 0.2) is 0 Å². The second-order valence-corrected chi connectivity index (χ2v) is 6.10. The average Bonchev–Trinajstić information content (AvgIpc) is 3.25. The number of rotatable bonds is 2. The molecule has 4 rings (SSSR count). The van der Waals surface area contributed by atoms with Crippen LogP contribution in [-0.2, 0) is 18.3 Å². The number of aryl methyl sites for hydroxylation is 1. The van der Waals surface area contributed by atoms with Crippen molar-refractivity contribution in [2.75, 3.05) is 19.8 Å². The van der Waals surface area contributed by atoms with Crippen LogP contribution in [0.1, 0.15) is 42.4 Å². The third kappa shape index (κ3) is 1.68. The Morgan fingerprint density at radius 1 is 1.11 bits per heavy atom. The fourth-order valence-electron chi connectivity index (χ4n) is 3.60. The van der Waals surface area contributed by atoms with E-state index in [1.807, 2.05) is 0 Å². The number of hydrogen-bond donors (Lipinski definition) is 1. The van der Waals surface area contributed by atoms with Gasteiger partial charge < -0.3 is 15.2 Å². The zero-order valence-corrected chi connectivity index (χ0v) is 11.3. The van der Waals surface area contributed by atoms with Crippen molar-refractivity contribution in [2.45, 2.75) is 43.9 Å². The number of benzene rings is 1. The monoisotopic (exact) mass is 259 g/mol. The molecule has 2 N–H and O–H groups in total. The highest BCUT2D eigenvalue weighted by atomic mass is 16.5. The summed E-state index contributed by atoms with van der Waals surface area (Å²) in [6, 6.07) is 2.22. The van der Waals surface area contributed by atoms with Gasteiger partial charge >= 0.3 is 0 Å². The lowest BCUT2D eigenvalue weighted by Crippen LogP contribution is -2.26. The normalized spacial score (nSPS) is 22.8. The van der Waals surface area contributed by atoms with Crippen LogP contribution in [0.2, 0.25) is 0 Å². The second kappa shape index (κ2) is 4.14. The molecule has 0 unspecified atom stereocenters. The molecular weight excluding hydrogens is 238 g/mol. The number of hydrogen-bond acceptors (Lipinski definition) is 3. The molecular formula is C16H21NO2. The van der Waals surface area contributed by atoms with Gasteiger partial charge in [-0.05, 0) is 50.2 Å². The van der Waals surface area contributed by atoms with Crippen molar-refractivity contribution < 1.29 is 9.47 Å². The Morgan fingerprint density at radius 2 is 1.89 bits per heavy atom. The summed E-state index contributed by atoms with van der Waals surface area (Å²) in [5.74, 6) is 2.25. The van der Waals surface area contributed by atoms with E-state index in [0.717, 1.165) is 56.9 Å². The van der Waals surface area contributed by atoms with Crippen molar-refractivity contribution in [3.8, 4) is 11.5 Å². The van der Waals surface area contributed by atoms with Crippen molar-refractivity contribution in [3.05, 3.63) is 22.8 Å². The molecule has 1 aliphatic carbocycles. The largest absolute Gasteiger partial charge is 0.493 e. The van der Waals surface area contributed by atoms with Crippen molar-refractivity contribution in [3.63, 3.8) is 0 Å². The first kappa shape index (κ1) is 11.6. The first-order chi connectivity index (χ1) is 9.34. The Labute approximate surface area is 114 Å². The Balaban J connectivity index is 1.94. The number of fused-ring (bicyclic) bond motifs is 2. The van der Waals surface area contributed by atoms with Crippen LogP contribution in [0.4, 0.5) is 0 Å². The molecule has 0 amide bonds. The fourth-order valence-corrected chi connectivity index (χ4v) is 3.60. The summed E-state index contributed by atoms with van der Waals surface area (Å²) in [6.07, 6.45) is 6.86. The van der Waals surface area contributed by atoms with Crippen molar-refractivity contribution in [2.24, 2.45) is 5.73 Å². The maximum Gasteiger partial charge on any atom is 0.126 e. The summed E-state index contributed by atoms with van der Waals surface area (Å²) >= 11 is 0. The van der Waals surface area contributed by atoms with Gasteiger partial charge in [-0.15, -0.1) is 0 Å². The zero-order chi connectivity index (χ0) is 12.9. The second-order valence-electron chi connectivity index (χ2n) is 6.10. The van der Waals surface area contributed by atoms with Gasteiger partial charge in [-0.1, -0.05) is 0 Å². The summed E-state index contributed by atoms with van der Waals surface area (Å²) < 4.78 is 11.9. The molecule has 3 nitrogen and oxygen atoms in total. The standard InChI is InChI=1S/C16H21NO2/c17-10-16(5-6-16)14-12-4-2-7-18-13(12)9-11-3-1-8-19-15(11)14/h9H,1-8,10,17H2. The van der Waals surface area contributed by atoms with Crippen LogP contribution in [-0.4, -0.2) is 19.8 Å². The predicted molar refractivity (Wildman–Crippen MR) is 74.0 cm³/mol. The molecule has 1 fully saturated rings. The molecule has 102 valence electrons. The molecule has 1 aromatic carbocycles. The summed E-state index contributed by atoms with van der Waals surface area (Å²) in [5.41, 5.74) is 10.4. The van der Waals surface area contributed by atoms with Crippen LogP contribution in [0, 0.1) is 0 Å². The Morgan fingerprint density at radius 3 is 2.68 bits per heavy atom. The van der Waals surface area contributed by atoms with Gasteiger partial charge in [-0.3, -0.25) is 0 Å². The van der Waals surface area contributed by atoms with Gasteiger partial charge in [0.25, 0.3) is 0 Å². The molecule has 0 atom stereocenters. The minimum Gasteiger partial charge on any atom is -0.493 e. The third-order valence-corrected chi connectivity index (χ3v) is 4.86. The Kier molecular flexibility index (Phi) is 2.52. The maximum absolute atomic E-state index is 6.07. The van der Waals surface area contributed by atoms with Crippen molar-refractivity contribution >= 4 is 0 Å². The molecule has 3 heteroatoms. The Hall–Kier alpha value is -1.22. The number of nitrogens with two attached hydrogens (primary N) is 1. The lowest BCUT2D eigenvalue weighted by molar-refractivity contribution is 0.266. The van der Waals surface area contributed by atoms with Gasteiger partial charge in [0.1, 0.15) is 11.5 Å². The molecule has 0 saturated heterocycles. The summed E-state index contributed by atoms with van der Waals surface area (Å²) in [5, 5.41) is 0. The van der Waals surface area contributed by atoms with Gasteiger partial charge in [-0.2, -0.15) is 0 Å². The molecule has 0 radical (unpaired) electrons. The van der Waals surface area contributed by atoms with E-state index in [-0.39, 0.29) is 5.41 Å². The molecule has 0 bridgehead atoms. The highest BCUT2D eigenvalue weighted by Gasteiger charge is 2.48. The lowest BCUT2D eigenvalue weighted by atomic mass is 9.84. The Bertz CT molecular complexity index is 486. The summed E-state index contributed by atoms with van der Waals surface area (Å²) in [4.78, 5) is 0. The van der Waals surface area contributed by atoms with E-state index < -0.39 is 0 Å². The quantitative estimate of drug-likeness (QED) is 0.886. The molecule has 1 saturated carbocycles. The van der Waals surface area contributed by atoms with Gasteiger partial charge in [0.2, 0.25) is 0 Å². The van der Waals surface area contributed by atoms with E-state index in [2.05, 4.69) is 6.07 Å². The van der Waals surface area contributed by atoms with E-state index in [1.54, 1.807) is 0 Å². The van der Waals surface area contributed by atoms with E-state index in [0.29, 0.717) is 0 Å². The van der Waals surface area contributed by atoms with Gasteiger partial charge in [0, 0.05) is 23.1 Å². The van der Waals surface area contributed by atoms with Gasteiger partial charge in [0.05, 0.1) is 13.2 Å². The van der Waals surface area contributed by atoms with E-state index >= 15 is 0 Å². The third-order valence-electron chi connectivity index (χ3n) is 4.86. The zero-order valence-electron chi connectivity index (χ0n) is 11.3. The summed E-state index contributed by atoms with van der Waals surface area (Å²) in [7, 11) is 0. The SMILES string of the molecule is NCC1(c2c3c(cc4c2OCCC4)OCCC3)CC1. The smallest absolute Gasteiger partial charge is 0.126 e. The maximum atomic E-state index is 6.07. The first-order valence-electron chi connectivity index (χ1n) is 7.49. The van der Waals surface area contributed by atoms with Crippen LogP contribution in [0.3, 0.4) is 0 Å². The van der Waals surface area contributed by atoms with Crippen LogP contribution < -0.4 is 15.2 Å². The van der Waals surface area contributed by atoms with Crippen molar-refractivity contribution in [1.82, 2.24) is 0 Å². The minimum absolute atomic E-state index is 0.188. The first-order valence-corrected chi connectivity index (χ1v) is 7.49. The fraction of sp³-hybridized carbons (Fsp3) is 0.625. The molecule has 19 heavy (non-hydrogen) atoms. The molecule has 2 aliphatic heterocycles. The highest BCUT2D eigenvalue weighted by Crippen LogP contribution is 2.55. The van der Waals surface area contributed by atoms with E-state index in [4.69, 9.17) is 15.2 Å². The van der Waals surface area contributed by atoms with Crippen LogP contribution in [0.5, 0.6) is 11.5 Å². The van der Waals surface area contributed by atoms with E-state index in [1.165, 1.54) is 29.5 Å². The minimum atomic E-state index is 0.188. The molecule has 0 aromatic heterocycles.